The molecule has 0 spiro atoms. The molecule has 94 valence electrons. The van der Waals surface area contributed by atoms with Crippen molar-refractivity contribution < 1.29 is 4.79 Å². The highest BCUT2D eigenvalue weighted by Gasteiger charge is 2.20. The van der Waals surface area contributed by atoms with E-state index in [4.69, 9.17) is 17.3 Å². The minimum absolute atomic E-state index is 0.0952. The first kappa shape index (κ1) is 13.8. The van der Waals surface area contributed by atoms with Crippen LogP contribution in [0.1, 0.15) is 31.1 Å². The number of nitrogens with two attached hydrogens (primary N) is 1. The van der Waals surface area contributed by atoms with Crippen LogP contribution in [-0.2, 0) is 0 Å². The van der Waals surface area contributed by atoms with Crippen molar-refractivity contribution in [2.24, 2.45) is 5.92 Å². The lowest BCUT2D eigenvalue weighted by atomic mass is 10.0. The van der Waals surface area contributed by atoms with Crippen LogP contribution in [0.2, 0.25) is 5.15 Å². The van der Waals surface area contributed by atoms with Gasteiger partial charge in [-0.1, -0.05) is 25.4 Å². The zero-order valence-electron chi connectivity index (χ0n) is 10.6. The zero-order valence-corrected chi connectivity index (χ0v) is 11.3. The van der Waals surface area contributed by atoms with E-state index in [1.807, 2.05) is 6.92 Å². The molecule has 0 aromatic carbocycles. The van der Waals surface area contributed by atoms with E-state index in [9.17, 15) is 4.79 Å². The van der Waals surface area contributed by atoms with Crippen LogP contribution >= 0.6 is 11.6 Å². The molecule has 0 fully saturated rings. The lowest BCUT2D eigenvalue weighted by molar-refractivity contribution is 0.0707. The van der Waals surface area contributed by atoms with Gasteiger partial charge in [0.2, 0.25) is 0 Å². The van der Waals surface area contributed by atoms with E-state index in [1.54, 1.807) is 11.9 Å². The summed E-state index contributed by atoms with van der Waals surface area (Å²) in [5.74, 6) is 0.548. The molecule has 0 bridgehead atoms. The number of carbonyl (C=O) groups is 1. The molecule has 0 saturated carbocycles. The molecule has 0 aliphatic rings. The van der Waals surface area contributed by atoms with E-state index in [1.165, 1.54) is 12.1 Å². The maximum Gasteiger partial charge on any atom is 0.254 e. The summed E-state index contributed by atoms with van der Waals surface area (Å²) in [6.07, 6.45) is 0. The van der Waals surface area contributed by atoms with Gasteiger partial charge in [-0.2, -0.15) is 0 Å². The van der Waals surface area contributed by atoms with Crippen LogP contribution in [0.15, 0.2) is 12.1 Å². The summed E-state index contributed by atoms with van der Waals surface area (Å²) in [6, 6.07) is 3.22. The SMILES string of the molecule is CC(C)C(C)N(C)C(=O)c1cc(N)nc(Cl)c1. The second-order valence-electron chi connectivity index (χ2n) is 4.50. The molecule has 17 heavy (non-hydrogen) atoms. The van der Waals surface area contributed by atoms with Crippen molar-refractivity contribution in [3.05, 3.63) is 22.8 Å². The van der Waals surface area contributed by atoms with Crippen molar-refractivity contribution in [2.75, 3.05) is 12.8 Å². The molecule has 5 heteroatoms. The lowest BCUT2D eigenvalue weighted by Crippen LogP contribution is -2.38. The largest absolute Gasteiger partial charge is 0.384 e. The van der Waals surface area contributed by atoms with E-state index < -0.39 is 0 Å². The topological polar surface area (TPSA) is 59.2 Å². The van der Waals surface area contributed by atoms with Crippen molar-refractivity contribution in [3.63, 3.8) is 0 Å². The van der Waals surface area contributed by atoms with Gasteiger partial charge in [0.1, 0.15) is 11.0 Å². The first-order chi connectivity index (χ1) is 7.82. The number of anilines is 1. The molecular weight excluding hydrogens is 238 g/mol. The number of carbonyl (C=O) groups excluding carboxylic acids is 1. The Hall–Kier alpha value is -1.29. The molecule has 1 rings (SSSR count). The Balaban J connectivity index is 2.96. The minimum atomic E-state index is -0.0952. The van der Waals surface area contributed by atoms with Gasteiger partial charge in [-0.3, -0.25) is 4.79 Å². The van der Waals surface area contributed by atoms with E-state index in [-0.39, 0.29) is 22.9 Å². The number of pyridine rings is 1. The summed E-state index contributed by atoms with van der Waals surface area (Å²) in [5.41, 5.74) is 6.04. The Morgan fingerprint density at radius 2 is 2.00 bits per heavy atom. The lowest BCUT2D eigenvalue weighted by Gasteiger charge is -2.28. The number of rotatable bonds is 3. The number of nitrogen functional groups attached to an aromatic ring is 1. The van der Waals surface area contributed by atoms with Crippen molar-refractivity contribution in [1.29, 1.82) is 0 Å². The molecule has 0 saturated heterocycles. The van der Waals surface area contributed by atoms with Crippen LogP contribution in [0.25, 0.3) is 0 Å². The number of hydrogen-bond acceptors (Lipinski definition) is 3. The van der Waals surface area contributed by atoms with E-state index in [2.05, 4.69) is 18.8 Å². The summed E-state index contributed by atoms with van der Waals surface area (Å²) in [5, 5.41) is 0.235. The summed E-state index contributed by atoms with van der Waals surface area (Å²) < 4.78 is 0. The highest BCUT2D eigenvalue weighted by atomic mass is 35.5. The fourth-order valence-electron chi connectivity index (χ4n) is 1.48. The van der Waals surface area contributed by atoms with Crippen LogP contribution in [0.5, 0.6) is 0 Å². The molecule has 1 aromatic heterocycles. The average molecular weight is 256 g/mol. The minimum Gasteiger partial charge on any atom is -0.384 e. The Morgan fingerprint density at radius 3 is 2.47 bits per heavy atom. The Bertz CT molecular complexity index is 400. The normalized spacial score (nSPS) is 12.6. The average Bonchev–Trinajstić information content (AvgIpc) is 2.24. The van der Waals surface area contributed by atoms with E-state index in [0.717, 1.165) is 0 Å². The number of halogens is 1. The predicted molar refractivity (Wildman–Crippen MR) is 70.1 cm³/mol. The maximum absolute atomic E-state index is 12.2. The van der Waals surface area contributed by atoms with Crippen molar-refractivity contribution in [1.82, 2.24) is 9.88 Å². The number of hydrogen-bond donors (Lipinski definition) is 1. The van der Waals surface area contributed by atoms with Gasteiger partial charge in [0.25, 0.3) is 5.91 Å². The third kappa shape index (κ3) is 3.33. The van der Waals surface area contributed by atoms with Gasteiger partial charge >= 0.3 is 0 Å². The van der Waals surface area contributed by atoms with Crippen molar-refractivity contribution >= 4 is 23.3 Å². The molecule has 1 atom stereocenters. The molecule has 0 radical (unpaired) electrons. The predicted octanol–water partition coefficient (Wildman–Crippen LogP) is 2.43. The first-order valence-corrected chi connectivity index (χ1v) is 5.91. The molecule has 1 aromatic rings. The third-order valence-corrected chi connectivity index (χ3v) is 3.15. The van der Waals surface area contributed by atoms with E-state index >= 15 is 0 Å². The number of nitrogens with zero attached hydrogens (tertiary/aromatic N) is 2. The Kier molecular flexibility index (Phi) is 4.34. The highest BCUT2D eigenvalue weighted by Crippen LogP contribution is 2.16. The molecule has 2 N–H and O–H groups in total. The van der Waals surface area contributed by atoms with Gasteiger partial charge in [0.15, 0.2) is 0 Å². The van der Waals surface area contributed by atoms with Crippen molar-refractivity contribution in [2.45, 2.75) is 26.8 Å². The molecule has 1 amide bonds. The maximum atomic E-state index is 12.2. The van der Waals surface area contributed by atoms with Crippen LogP contribution in [-0.4, -0.2) is 28.9 Å². The third-order valence-electron chi connectivity index (χ3n) is 2.96. The van der Waals surface area contributed by atoms with Crippen molar-refractivity contribution in [3.8, 4) is 0 Å². The summed E-state index contributed by atoms with van der Waals surface area (Å²) in [6.45, 7) is 6.15. The smallest absolute Gasteiger partial charge is 0.254 e. The second kappa shape index (κ2) is 5.36. The number of amides is 1. The molecule has 0 aliphatic carbocycles. The molecule has 1 unspecified atom stereocenters. The fraction of sp³-hybridized carbons (Fsp3) is 0.500. The molecule has 1 heterocycles. The highest BCUT2D eigenvalue weighted by molar-refractivity contribution is 6.29. The summed E-state index contributed by atoms with van der Waals surface area (Å²) in [7, 11) is 1.78. The Morgan fingerprint density at radius 1 is 1.41 bits per heavy atom. The van der Waals surface area contributed by atoms with Crippen LogP contribution < -0.4 is 5.73 Å². The quantitative estimate of drug-likeness (QED) is 0.844. The van der Waals surface area contributed by atoms with Gasteiger partial charge in [-0.15, -0.1) is 0 Å². The van der Waals surface area contributed by atoms with Gasteiger partial charge in [-0.25, -0.2) is 4.98 Å². The standard InChI is InChI=1S/C12H18ClN3O/c1-7(2)8(3)16(4)12(17)9-5-10(13)15-11(14)6-9/h5-8H,1-4H3,(H2,14,15). The van der Waals surface area contributed by atoms with E-state index in [0.29, 0.717) is 11.5 Å². The monoisotopic (exact) mass is 255 g/mol. The van der Waals surface area contributed by atoms with Gasteiger partial charge in [0, 0.05) is 18.7 Å². The van der Waals surface area contributed by atoms with Gasteiger partial charge in [0.05, 0.1) is 0 Å². The van der Waals surface area contributed by atoms with Crippen LogP contribution in [0, 0.1) is 5.92 Å². The fourth-order valence-corrected chi connectivity index (χ4v) is 1.69. The van der Waals surface area contributed by atoms with Gasteiger partial charge in [-0.05, 0) is 25.0 Å². The molecule has 0 aliphatic heterocycles. The van der Waals surface area contributed by atoms with Crippen LogP contribution in [0.3, 0.4) is 0 Å². The summed E-state index contributed by atoms with van der Waals surface area (Å²) >= 11 is 5.78. The Labute approximate surface area is 107 Å². The first-order valence-electron chi connectivity index (χ1n) is 5.53. The molecule has 4 nitrogen and oxygen atoms in total. The summed E-state index contributed by atoms with van der Waals surface area (Å²) in [4.78, 5) is 17.7. The zero-order chi connectivity index (χ0) is 13.2. The second-order valence-corrected chi connectivity index (χ2v) is 4.89. The molecular formula is C12H18ClN3O. The van der Waals surface area contributed by atoms with Gasteiger partial charge < -0.3 is 10.6 Å². The van der Waals surface area contributed by atoms with Crippen LogP contribution in [0.4, 0.5) is 5.82 Å². The number of aromatic nitrogens is 1.